The minimum atomic E-state index is -5.19. The summed E-state index contributed by atoms with van der Waals surface area (Å²) in [5.74, 6) is -4.27. The molecule has 56 heavy (non-hydrogen) atoms. The highest BCUT2D eigenvalue weighted by molar-refractivity contribution is 7.16. The van der Waals surface area contributed by atoms with Gasteiger partial charge in [0.2, 0.25) is 5.91 Å². The van der Waals surface area contributed by atoms with Crippen molar-refractivity contribution in [2.24, 2.45) is 5.73 Å². The smallest absolute Gasteiger partial charge is 0.430 e. The molecule has 0 aliphatic carbocycles. The number of aromatic nitrogens is 2. The number of carbonyl (C=O) groups excluding carboxylic acids is 4. The summed E-state index contributed by atoms with van der Waals surface area (Å²) in [6.07, 6.45) is -6.25. The van der Waals surface area contributed by atoms with Crippen LogP contribution in [0, 0.1) is 6.92 Å². The minimum Gasteiger partial charge on any atom is -0.542 e. The van der Waals surface area contributed by atoms with E-state index in [4.69, 9.17) is 20.4 Å². The highest BCUT2D eigenvalue weighted by Crippen LogP contribution is 2.30. The van der Waals surface area contributed by atoms with Crippen molar-refractivity contribution in [3.8, 4) is 5.75 Å². The number of aromatic hydroxyl groups is 1. The molecule has 0 fully saturated rings. The zero-order valence-electron chi connectivity index (χ0n) is 29.9. The Kier molecular flexibility index (Phi) is 13.4. The summed E-state index contributed by atoms with van der Waals surface area (Å²) < 4.78 is 80.3. The number of hydrogen-bond donors (Lipinski definition) is 3. The number of benzene rings is 3. The van der Waals surface area contributed by atoms with Crippen LogP contribution in [0.2, 0.25) is 0 Å². The van der Waals surface area contributed by atoms with E-state index in [1.165, 1.54) is 64.8 Å². The topological polar surface area (TPSA) is 171 Å². The van der Waals surface area contributed by atoms with Crippen LogP contribution in [0.15, 0.2) is 85.2 Å². The quantitative estimate of drug-likeness (QED) is 0.0916. The first-order valence-electron chi connectivity index (χ1n) is 16.5. The van der Waals surface area contributed by atoms with Crippen LogP contribution in [-0.4, -0.2) is 56.8 Å². The van der Waals surface area contributed by atoms with Gasteiger partial charge < -0.3 is 35.7 Å². The Hall–Kier alpha value is -6.11. The second kappa shape index (κ2) is 17.6. The molecule has 0 spiro atoms. The van der Waals surface area contributed by atoms with E-state index in [0.717, 1.165) is 22.0 Å². The summed E-state index contributed by atoms with van der Waals surface area (Å²) in [7, 11) is 0. The number of amides is 3. The summed E-state index contributed by atoms with van der Waals surface area (Å²) in [5, 5.41) is 21.4. The van der Waals surface area contributed by atoms with E-state index in [-0.39, 0.29) is 31.4 Å². The number of anilines is 1. The number of ether oxygens (including phenoxy) is 1. The van der Waals surface area contributed by atoms with Gasteiger partial charge in [-0.3, -0.25) is 4.79 Å². The molecule has 2 aromatic heterocycles. The fourth-order valence-corrected chi connectivity index (χ4v) is 6.23. The second-order valence-corrected chi connectivity index (χ2v) is 13.8. The number of esters is 1. The van der Waals surface area contributed by atoms with E-state index in [1.54, 1.807) is 32.2 Å². The van der Waals surface area contributed by atoms with Crippen molar-refractivity contribution < 1.29 is 64.9 Å². The second-order valence-electron chi connectivity index (χ2n) is 12.6. The number of halogens is 6. The number of urea groups is 1. The molecule has 12 nitrogen and oxygen atoms in total. The van der Waals surface area contributed by atoms with Crippen LogP contribution >= 0.6 is 11.3 Å². The molecule has 4 N–H and O–H groups in total. The largest absolute Gasteiger partial charge is 0.542 e. The number of carboxylic acids is 1. The molecule has 0 aliphatic heterocycles. The number of aryl methyl sites for hydroxylation is 1. The van der Waals surface area contributed by atoms with Gasteiger partial charge in [-0.05, 0) is 80.4 Å². The summed E-state index contributed by atoms with van der Waals surface area (Å²) in [6, 6.07) is 15.3. The fourth-order valence-electron chi connectivity index (χ4n) is 5.28. The molecule has 0 radical (unpaired) electrons. The number of thiazole rings is 1. The summed E-state index contributed by atoms with van der Waals surface area (Å²) in [4.78, 5) is 51.2. The SMILES string of the molecule is Cc1c[n+]2cc(CN(C(=O)Nc3ccc(C(=O)OC(C)C)cc3)[C@@H](Cc3ccc(O)cc3)C(N)=O)n(Cc3ccc(C(F)(F)F)cc3)c2s1.O=C([O-])C(F)(F)F. The molecule has 0 aliphatic rings. The first-order chi connectivity index (χ1) is 26.1. The number of hydrogen-bond acceptors (Lipinski definition) is 8. The number of phenolic OH excluding ortho intramolecular Hbond substituents is 1. The average Bonchev–Trinajstić information content (AvgIpc) is 3.62. The molecule has 0 saturated heterocycles. The van der Waals surface area contributed by atoms with Crippen molar-refractivity contribution in [1.82, 2.24) is 9.47 Å². The molecule has 298 valence electrons. The fraction of sp³-hybridized carbons (Fsp3) is 0.270. The molecule has 19 heteroatoms. The van der Waals surface area contributed by atoms with Crippen molar-refractivity contribution in [2.45, 2.75) is 64.8 Å². The number of phenols is 1. The van der Waals surface area contributed by atoms with Gasteiger partial charge in [0.1, 0.15) is 36.7 Å². The van der Waals surface area contributed by atoms with E-state index in [9.17, 15) is 45.8 Å². The molecule has 5 rings (SSSR count). The Morgan fingerprint density at radius 2 is 1.50 bits per heavy atom. The molecular weight excluding hydrogens is 772 g/mol. The molecule has 0 saturated carbocycles. The van der Waals surface area contributed by atoms with E-state index >= 15 is 0 Å². The number of alkyl halides is 6. The number of imidazole rings is 1. The number of carbonyl (C=O) groups is 4. The van der Waals surface area contributed by atoms with Gasteiger partial charge in [-0.25, -0.2) is 14.2 Å². The van der Waals surface area contributed by atoms with Gasteiger partial charge in [-0.2, -0.15) is 30.7 Å². The molecule has 3 aromatic carbocycles. The number of primary amides is 1. The summed E-state index contributed by atoms with van der Waals surface area (Å²) in [6.45, 7) is 5.47. The van der Waals surface area contributed by atoms with Crippen LogP contribution in [0.4, 0.5) is 36.8 Å². The third-order valence-electron chi connectivity index (χ3n) is 7.89. The van der Waals surface area contributed by atoms with E-state index in [2.05, 4.69) is 5.32 Å². The molecular formula is C37H35F6N5O7S. The molecule has 1 atom stereocenters. The number of fused-ring (bicyclic) bond motifs is 1. The molecule has 2 heterocycles. The lowest BCUT2D eigenvalue weighted by Gasteiger charge is -2.29. The lowest BCUT2D eigenvalue weighted by Crippen LogP contribution is -2.50. The maximum absolute atomic E-state index is 14.0. The van der Waals surface area contributed by atoms with Gasteiger partial charge in [-0.15, -0.1) is 0 Å². The van der Waals surface area contributed by atoms with Crippen LogP contribution in [0.3, 0.4) is 0 Å². The average molecular weight is 808 g/mol. The molecule has 0 bridgehead atoms. The van der Waals surface area contributed by atoms with E-state index < -0.39 is 47.8 Å². The zero-order chi connectivity index (χ0) is 41.5. The van der Waals surface area contributed by atoms with Crippen LogP contribution in [-0.2, 0) is 40.0 Å². The van der Waals surface area contributed by atoms with Gasteiger partial charge >= 0.3 is 29.3 Å². The molecule has 3 amide bonds. The van der Waals surface area contributed by atoms with Crippen LogP contribution in [0.5, 0.6) is 5.75 Å². The zero-order valence-corrected chi connectivity index (χ0v) is 30.7. The summed E-state index contributed by atoms with van der Waals surface area (Å²) >= 11 is 1.46. The first kappa shape index (κ1) is 42.6. The van der Waals surface area contributed by atoms with Crippen LogP contribution in [0.25, 0.3) is 4.96 Å². The van der Waals surface area contributed by atoms with Gasteiger partial charge in [0.15, 0.2) is 5.69 Å². The Morgan fingerprint density at radius 1 is 0.929 bits per heavy atom. The maximum Gasteiger partial charge on any atom is 0.430 e. The third-order valence-corrected chi connectivity index (χ3v) is 8.93. The third kappa shape index (κ3) is 11.5. The van der Waals surface area contributed by atoms with Gasteiger partial charge in [0.25, 0.3) is 0 Å². The number of nitrogens with one attached hydrogen (secondary N) is 1. The van der Waals surface area contributed by atoms with Crippen LogP contribution < -0.4 is 20.6 Å². The standard InChI is InChI=1S/C35H34F3N5O5S.C2HF3O2/c1-21(2)48-32(46)25-8-12-27(13-9-25)40-33(47)43(30(31(39)45)16-23-6-14-29(44)15-7-23)20-28-19-41-17-22(3)49-34(41)42(28)18-24-4-10-26(11-5-24)35(36,37)38;3-2(4,5)1(6)7/h4-15,17,19,21,30H,16,18,20H2,1-3H3,(H3-,39,40,44,45,46,47);(H,6,7)/t30-;/m0./s1. The van der Waals surface area contributed by atoms with Crippen molar-refractivity contribution in [2.75, 3.05) is 5.32 Å². The van der Waals surface area contributed by atoms with E-state index in [0.29, 0.717) is 28.1 Å². The summed E-state index contributed by atoms with van der Waals surface area (Å²) in [5.41, 5.74) is 7.61. The van der Waals surface area contributed by atoms with Crippen LogP contribution in [0.1, 0.15) is 51.5 Å². The Balaban J connectivity index is 0.000000908. The van der Waals surface area contributed by atoms with E-state index in [1.807, 2.05) is 22.1 Å². The molecule has 0 unspecified atom stereocenters. The highest BCUT2D eigenvalue weighted by atomic mass is 32.1. The van der Waals surface area contributed by atoms with Crippen molar-refractivity contribution >= 4 is 45.9 Å². The first-order valence-corrected chi connectivity index (χ1v) is 17.3. The van der Waals surface area contributed by atoms with Crippen molar-refractivity contribution in [1.29, 1.82) is 0 Å². The number of carboxylic acid groups (broad SMARTS) is 1. The highest BCUT2D eigenvalue weighted by Gasteiger charge is 2.34. The maximum atomic E-state index is 14.0. The van der Waals surface area contributed by atoms with Crippen molar-refractivity contribution in [3.05, 3.63) is 118 Å². The van der Waals surface area contributed by atoms with Gasteiger partial charge in [0, 0.05) is 17.0 Å². The molecule has 5 aromatic rings. The monoisotopic (exact) mass is 807 g/mol. The number of nitrogens with zero attached hydrogens (tertiary/aromatic N) is 3. The number of nitrogens with two attached hydrogens (primary N) is 1. The number of aliphatic carboxylic acids is 1. The van der Waals surface area contributed by atoms with Gasteiger partial charge in [0.05, 0.1) is 23.8 Å². The van der Waals surface area contributed by atoms with Crippen molar-refractivity contribution in [3.63, 3.8) is 0 Å². The number of rotatable bonds is 11. The predicted molar refractivity (Wildman–Crippen MR) is 188 cm³/mol. The van der Waals surface area contributed by atoms with Gasteiger partial charge in [-0.1, -0.05) is 35.6 Å². The lowest BCUT2D eigenvalue weighted by atomic mass is 10.0. The lowest BCUT2D eigenvalue weighted by molar-refractivity contribution is -0.506. The minimum absolute atomic E-state index is 0.0307. The Morgan fingerprint density at radius 3 is 2.02 bits per heavy atom. The Bertz CT molecular complexity index is 2170. The normalized spacial score (nSPS) is 12.1. The predicted octanol–water partition coefficient (Wildman–Crippen LogP) is 5.36. The Labute approximate surface area is 319 Å².